The number of nitrogens with two attached hydrogens (primary N) is 1. The van der Waals surface area contributed by atoms with Crippen LogP contribution in [0, 0.1) is 0 Å². The van der Waals surface area contributed by atoms with E-state index in [0.717, 1.165) is 11.1 Å². The zero-order chi connectivity index (χ0) is 23.6. The number of carbonyl (C=O) groups is 1. The molecule has 0 bridgehead atoms. The van der Waals surface area contributed by atoms with Crippen LogP contribution in [0.1, 0.15) is 15.9 Å². The zero-order valence-electron chi connectivity index (χ0n) is 17.4. The average molecular weight is 456 g/mol. The number of carbonyl (C=O) groups excluding carboxylic acids is 1. The van der Waals surface area contributed by atoms with Crippen molar-refractivity contribution in [2.75, 3.05) is 11.4 Å². The Morgan fingerprint density at radius 3 is 2.30 bits per heavy atom. The Bertz CT molecular complexity index is 1210. The van der Waals surface area contributed by atoms with Crippen LogP contribution in [0.4, 0.5) is 18.9 Å². The number of aryl methyl sites for hydroxylation is 1. The summed E-state index contributed by atoms with van der Waals surface area (Å²) >= 11 is 0. The van der Waals surface area contributed by atoms with Crippen LogP contribution in [0.5, 0.6) is 11.5 Å². The highest BCUT2D eigenvalue weighted by Gasteiger charge is 2.31. The Morgan fingerprint density at radius 2 is 1.73 bits per heavy atom. The Morgan fingerprint density at radius 1 is 1.06 bits per heavy atom. The lowest BCUT2D eigenvalue weighted by atomic mass is 10.1. The Hall–Kier alpha value is -4.21. The van der Waals surface area contributed by atoms with Crippen molar-refractivity contribution in [2.45, 2.75) is 6.36 Å². The Balaban J connectivity index is 1.59. The lowest BCUT2D eigenvalue weighted by Gasteiger charge is -2.26. The maximum Gasteiger partial charge on any atom is 0.573 e. The average Bonchev–Trinajstić information content (AvgIpc) is 3.20. The number of hydrogen-bond donors (Lipinski definition) is 1. The summed E-state index contributed by atoms with van der Waals surface area (Å²) < 4.78 is 48.9. The van der Waals surface area contributed by atoms with Gasteiger partial charge in [0.25, 0.3) is 0 Å². The number of aromatic nitrogens is 2. The smallest absolute Gasteiger partial charge is 0.457 e. The van der Waals surface area contributed by atoms with E-state index in [-0.39, 0.29) is 5.75 Å². The third-order valence-electron chi connectivity index (χ3n) is 4.81. The minimum absolute atomic E-state index is 0.293. The number of anilines is 1. The lowest BCUT2D eigenvalue weighted by molar-refractivity contribution is -0.274. The normalized spacial score (nSPS) is 13.9. The van der Waals surface area contributed by atoms with E-state index in [9.17, 15) is 18.0 Å². The summed E-state index contributed by atoms with van der Waals surface area (Å²) in [6, 6.07) is 12.0. The fourth-order valence-electron chi connectivity index (χ4n) is 3.27. The van der Waals surface area contributed by atoms with E-state index < -0.39 is 12.3 Å². The van der Waals surface area contributed by atoms with Crippen LogP contribution >= 0.6 is 0 Å². The molecule has 3 aromatic rings. The number of primary amides is 1. The van der Waals surface area contributed by atoms with Gasteiger partial charge < -0.3 is 20.1 Å². The number of nitrogens with zero attached hydrogens (tertiary/aromatic N) is 3. The number of ether oxygens (including phenoxy) is 2. The number of alkyl halides is 3. The topological polar surface area (TPSA) is 82.6 Å². The highest BCUT2D eigenvalue weighted by Crippen LogP contribution is 2.32. The summed E-state index contributed by atoms with van der Waals surface area (Å²) in [5.41, 5.74) is 7.84. The van der Waals surface area contributed by atoms with Crippen molar-refractivity contribution >= 4 is 17.2 Å². The number of allylic oxidation sites excluding steroid dienone is 1. The van der Waals surface area contributed by atoms with Gasteiger partial charge in [-0.1, -0.05) is 0 Å². The number of halogens is 3. The summed E-state index contributed by atoms with van der Waals surface area (Å²) in [5, 5.41) is 4.21. The van der Waals surface area contributed by atoms with Crippen LogP contribution in [0.3, 0.4) is 0 Å². The summed E-state index contributed by atoms with van der Waals surface area (Å²) in [6.07, 6.45) is 2.45. The molecule has 1 aliphatic rings. The second-order valence-corrected chi connectivity index (χ2v) is 7.20. The molecule has 0 radical (unpaired) electrons. The van der Waals surface area contributed by atoms with Gasteiger partial charge in [-0.3, -0.25) is 9.48 Å². The van der Waals surface area contributed by atoms with Gasteiger partial charge >= 0.3 is 6.36 Å². The second kappa shape index (κ2) is 8.73. The maximum absolute atomic E-state index is 12.4. The van der Waals surface area contributed by atoms with E-state index in [1.807, 2.05) is 23.4 Å². The van der Waals surface area contributed by atoms with Crippen molar-refractivity contribution in [2.24, 2.45) is 12.8 Å². The fourth-order valence-corrected chi connectivity index (χ4v) is 3.27. The van der Waals surface area contributed by atoms with Crippen molar-refractivity contribution < 1.29 is 27.4 Å². The van der Waals surface area contributed by atoms with E-state index in [1.165, 1.54) is 12.1 Å². The predicted molar refractivity (Wildman–Crippen MR) is 115 cm³/mol. The SMILES string of the molecule is Cn1cc(C2=CN(c3ccc(OC(F)(F)F)cc3)CC=C2Oc2ccc(C(N)=O)cc2)cn1. The molecule has 1 aromatic heterocycles. The highest BCUT2D eigenvalue weighted by atomic mass is 19.4. The predicted octanol–water partition coefficient (Wildman–Crippen LogP) is 4.24. The molecular weight excluding hydrogens is 437 g/mol. The molecule has 7 nitrogen and oxygen atoms in total. The van der Waals surface area contributed by atoms with Crippen molar-refractivity contribution in [1.29, 1.82) is 0 Å². The largest absolute Gasteiger partial charge is 0.573 e. The van der Waals surface area contributed by atoms with E-state index in [4.69, 9.17) is 10.5 Å². The van der Waals surface area contributed by atoms with E-state index >= 15 is 0 Å². The van der Waals surface area contributed by atoms with Gasteiger partial charge in [0.1, 0.15) is 17.3 Å². The summed E-state index contributed by atoms with van der Waals surface area (Å²) in [5.74, 6) is 0.265. The molecule has 33 heavy (non-hydrogen) atoms. The van der Waals surface area contributed by atoms with Gasteiger partial charge in [-0.25, -0.2) is 0 Å². The third-order valence-corrected chi connectivity index (χ3v) is 4.81. The van der Waals surface area contributed by atoms with Gasteiger partial charge in [0.2, 0.25) is 5.91 Å². The number of amides is 1. The number of benzene rings is 2. The van der Waals surface area contributed by atoms with Crippen molar-refractivity contribution in [3.05, 3.63) is 90.1 Å². The van der Waals surface area contributed by atoms with Crippen LogP contribution in [-0.4, -0.2) is 28.6 Å². The first-order valence-electron chi connectivity index (χ1n) is 9.79. The molecule has 0 aliphatic carbocycles. The second-order valence-electron chi connectivity index (χ2n) is 7.20. The standard InChI is InChI=1S/C23H19F3N4O3/c1-29-13-16(12-28-29)20-14-30(17-4-8-19(9-5-17)33-23(24,25)26)11-10-21(20)32-18-6-2-15(3-7-18)22(27)31/h2-10,12-14H,11H2,1H3,(H2,27,31). The minimum Gasteiger partial charge on any atom is -0.457 e. The first-order chi connectivity index (χ1) is 15.7. The molecule has 1 aliphatic heterocycles. The fraction of sp³-hybridized carbons (Fsp3) is 0.130. The van der Waals surface area contributed by atoms with E-state index in [0.29, 0.717) is 29.3 Å². The van der Waals surface area contributed by atoms with Crippen molar-refractivity contribution in [3.63, 3.8) is 0 Å². The molecule has 2 aromatic carbocycles. The van der Waals surface area contributed by atoms with Gasteiger partial charge in [0, 0.05) is 48.4 Å². The Kier molecular flexibility index (Phi) is 5.82. The molecule has 0 atom stereocenters. The molecule has 2 N–H and O–H groups in total. The lowest BCUT2D eigenvalue weighted by Crippen LogP contribution is -2.22. The summed E-state index contributed by atoms with van der Waals surface area (Å²) in [6.45, 7) is 0.415. The van der Waals surface area contributed by atoms with Crippen LogP contribution in [0.2, 0.25) is 0 Å². The first kappa shape index (κ1) is 22.0. The molecule has 170 valence electrons. The molecule has 0 saturated carbocycles. The van der Waals surface area contributed by atoms with Gasteiger partial charge in [0.05, 0.1) is 6.20 Å². The minimum atomic E-state index is -4.75. The van der Waals surface area contributed by atoms with Gasteiger partial charge in [0.15, 0.2) is 0 Å². The van der Waals surface area contributed by atoms with Crippen molar-refractivity contribution in [1.82, 2.24) is 9.78 Å². The molecule has 2 heterocycles. The summed E-state index contributed by atoms with van der Waals surface area (Å²) in [4.78, 5) is 13.1. The third kappa shape index (κ3) is 5.35. The molecule has 1 amide bonds. The molecular formula is C23H19F3N4O3. The van der Waals surface area contributed by atoms with E-state index in [2.05, 4.69) is 9.84 Å². The van der Waals surface area contributed by atoms with Gasteiger partial charge in [-0.05, 0) is 54.6 Å². The highest BCUT2D eigenvalue weighted by molar-refractivity contribution is 5.92. The van der Waals surface area contributed by atoms with Crippen LogP contribution in [0.15, 0.2) is 79.0 Å². The molecule has 4 rings (SSSR count). The number of hydrogen-bond acceptors (Lipinski definition) is 5. The van der Waals surface area contributed by atoms with Crippen LogP contribution in [0.25, 0.3) is 5.57 Å². The monoisotopic (exact) mass is 456 g/mol. The molecule has 0 unspecified atom stereocenters. The van der Waals surface area contributed by atoms with Gasteiger partial charge in [-0.2, -0.15) is 5.10 Å². The quantitative estimate of drug-likeness (QED) is 0.600. The summed E-state index contributed by atoms with van der Waals surface area (Å²) in [7, 11) is 1.79. The first-order valence-corrected chi connectivity index (χ1v) is 9.79. The van der Waals surface area contributed by atoms with Crippen molar-refractivity contribution in [3.8, 4) is 11.5 Å². The van der Waals surface area contributed by atoms with E-state index in [1.54, 1.807) is 54.3 Å². The molecule has 0 saturated heterocycles. The molecule has 0 spiro atoms. The van der Waals surface area contributed by atoms with Crippen LogP contribution in [-0.2, 0) is 7.05 Å². The zero-order valence-corrected chi connectivity index (χ0v) is 17.4. The molecule has 10 heteroatoms. The maximum atomic E-state index is 12.4. The number of rotatable bonds is 6. The Labute approximate surface area is 187 Å². The van der Waals surface area contributed by atoms with Crippen LogP contribution < -0.4 is 20.1 Å². The molecule has 0 fully saturated rings. The van der Waals surface area contributed by atoms with Gasteiger partial charge in [-0.15, -0.1) is 13.2 Å².